The van der Waals surface area contributed by atoms with Crippen molar-refractivity contribution in [1.29, 1.82) is 0 Å². The number of aromatic amines is 1. The Morgan fingerprint density at radius 3 is 2.86 bits per heavy atom. The van der Waals surface area contributed by atoms with Crippen molar-refractivity contribution in [3.8, 4) is 28.4 Å². The zero-order valence-electron chi connectivity index (χ0n) is 16.6. The zero-order chi connectivity index (χ0) is 19.9. The lowest BCUT2D eigenvalue weighted by Gasteiger charge is -2.26. The van der Waals surface area contributed by atoms with Crippen LogP contribution in [0, 0.1) is 0 Å². The summed E-state index contributed by atoms with van der Waals surface area (Å²) in [6.07, 6.45) is 5.02. The Labute approximate surface area is 170 Å². The highest BCUT2D eigenvalue weighted by atomic mass is 16.5. The van der Waals surface area contributed by atoms with Crippen molar-refractivity contribution in [3.63, 3.8) is 0 Å². The fourth-order valence-electron chi connectivity index (χ4n) is 3.38. The first-order valence-electron chi connectivity index (χ1n) is 9.83. The van der Waals surface area contributed by atoms with Crippen molar-refractivity contribution < 1.29 is 9.47 Å². The molecular weight excluding hydrogens is 368 g/mol. The summed E-state index contributed by atoms with van der Waals surface area (Å²) < 4.78 is 11.0. The molecule has 1 aliphatic heterocycles. The van der Waals surface area contributed by atoms with Crippen LogP contribution >= 0.6 is 0 Å². The standard InChI is InChI=1S/C21H26N6O2/c1-28-21-12-16(14-23-6-7-27-8-10-29-11-9-27)2-3-17(21)18-13-19(26-25-18)20-15-22-4-5-24-20/h2-5,12-13,15,23H,6-11,14H2,1H3,(H,25,26). The van der Waals surface area contributed by atoms with Crippen molar-refractivity contribution in [1.82, 2.24) is 30.4 Å². The van der Waals surface area contributed by atoms with Crippen LogP contribution in [-0.2, 0) is 11.3 Å². The molecule has 3 aromatic rings. The highest BCUT2D eigenvalue weighted by molar-refractivity contribution is 5.71. The third-order valence-corrected chi connectivity index (χ3v) is 5.00. The van der Waals surface area contributed by atoms with Gasteiger partial charge in [-0.15, -0.1) is 0 Å². The first kappa shape index (κ1) is 19.5. The summed E-state index contributed by atoms with van der Waals surface area (Å²) in [6.45, 7) is 6.50. The number of nitrogens with one attached hydrogen (secondary N) is 2. The molecule has 0 saturated carbocycles. The molecule has 0 bridgehead atoms. The minimum atomic E-state index is 0.756. The van der Waals surface area contributed by atoms with Crippen LogP contribution in [-0.4, -0.2) is 71.6 Å². The minimum Gasteiger partial charge on any atom is -0.496 e. The highest BCUT2D eigenvalue weighted by Crippen LogP contribution is 2.31. The molecule has 0 unspecified atom stereocenters. The predicted molar refractivity (Wildman–Crippen MR) is 111 cm³/mol. The van der Waals surface area contributed by atoms with Crippen molar-refractivity contribution in [2.24, 2.45) is 0 Å². The number of methoxy groups -OCH3 is 1. The Kier molecular flexibility index (Phi) is 6.45. The van der Waals surface area contributed by atoms with Gasteiger partial charge in [0, 0.05) is 50.7 Å². The molecule has 2 N–H and O–H groups in total. The molecule has 8 nitrogen and oxygen atoms in total. The predicted octanol–water partition coefficient (Wildman–Crippen LogP) is 1.96. The van der Waals surface area contributed by atoms with Gasteiger partial charge in [0.05, 0.1) is 37.9 Å². The smallest absolute Gasteiger partial charge is 0.128 e. The maximum atomic E-state index is 5.63. The molecule has 0 atom stereocenters. The molecule has 1 saturated heterocycles. The van der Waals surface area contributed by atoms with Gasteiger partial charge in [0.25, 0.3) is 0 Å². The Morgan fingerprint density at radius 1 is 1.17 bits per heavy atom. The monoisotopic (exact) mass is 394 g/mol. The van der Waals surface area contributed by atoms with E-state index in [2.05, 4.69) is 48.6 Å². The van der Waals surface area contributed by atoms with Crippen LogP contribution in [0.15, 0.2) is 42.9 Å². The van der Waals surface area contributed by atoms with E-state index in [0.717, 1.165) is 74.3 Å². The molecule has 152 valence electrons. The van der Waals surface area contributed by atoms with E-state index in [1.165, 1.54) is 5.56 Å². The zero-order valence-corrected chi connectivity index (χ0v) is 16.6. The van der Waals surface area contributed by atoms with E-state index in [9.17, 15) is 0 Å². The fraction of sp³-hybridized carbons (Fsp3) is 0.381. The molecule has 0 aliphatic carbocycles. The number of rotatable bonds is 8. The largest absolute Gasteiger partial charge is 0.496 e. The molecule has 29 heavy (non-hydrogen) atoms. The summed E-state index contributed by atoms with van der Waals surface area (Å²) in [5.74, 6) is 0.801. The van der Waals surface area contributed by atoms with Crippen molar-refractivity contribution in [2.75, 3.05) is 46.5 Å². The topological polar surface area (TPSA) is 88.2 Å². The number of nitrogens with zero attached hydrogens (tertiary/aromatic N) is 4. The molecule has 1 aliphatic rings. The molecule has 1 fully saturated rings. The Balaban J connectivity index is 1.38. The molecule has 0 spiro atoms. The molecule has 3 heterocycles. The van der Waals surface area contributed by atoms with Crippen LogP contribution in [0.4, 0.5) is 0 Å². The van der Waals surface area contributed by atoms with Gasteiger partial charge in [0.15, 0.2) is 0 Å². The van der Waals surface area contributed by atoms with Crippen LogP contribution in [0.25, 0.3) is 22.6 Å². The van der Waals surface area contributed by atoms with Gasteiger partial charge in [-0.2, -0.15) is 5.10 Å². The molecule has 8 heteroatoms. The summed E-state index contributed by atoms with van der Waals surface area (Å²) in [5.41, 5.74) is 4.51. The summed E-state index contributed by atoms with van der Waals surface area (Å²) in [6, 6.07) is 8.18. The quantitative estimate of drug-likeness (QED) is 0.565. The second-order valence-electron chi connectivity index (χ2n) is 6.92. The number of morpholine rings is 1. The maximum Gasteiger partial charge on any atom is 0.128 e. The summed E-state index contributed by atoms with van der Waals surface area (Å²) in [7, 11) is 1.69. The lowest BCUT2D eigenvalue weighted by molar-refractivity contribution is 0.0384. The number of benzene rings is 1. The van der Waals surface area contributed by atoms with Crippen LogP contribution in [0.2, 0.25) is 0 Å². The van der Waals surface area contributed by atoms with Gasteiger partial charge in [0.2, 0.25) is 0 Å². The molecule has 0 amide bonds. The number of aromatic nitrogens is 4. The minimum absolute atomic E-state index is 0.756. The van der Waals surface area contributed by atoms with Crippen molar-refractivity contribution in [2.45, 2.75) is 6.54 Å². The molecular formula is C21H26N6O2. The van der Waals surface area contributed by atoms with E-state index in [4.69, 9.17) is 9.47 Å². The molecule has 2 aromatic heterocycles. The van der Waals surface area contributed by atoms with Crippen LogP contribution in [0.3, 0.4) is 0 Å². The van der Waals surface area contributed by atoms with Gasteiger partial charge in [-0.25, -0.2) is 0 Å². The van der Waals surface area contributed by atoms with Crippen LogP contribution < -0.4 is 10.1 Å². The maximum absolute atomic E-state index is 5.63. The van der Waals surface area contributed by atoms with Gasteiger partial charge < -0.3 is 14.8 Å². The lowest BCUT2D eigenvalue weighted by atomic mass is 10.1. The molecule has 1 aromatic carbocycles. The average Bonchev–Trinajstić information content (AvgIpc) is 3.28. The van der Waals surface area contributed by atoms with E-state index in [1.807, 2.05) is 6.07 Å². The van der Waals surface area contributed by atoms with Gasteiger partial charge in [-0.3, -0.25) is 20.0 Å². The van der Waals surface area contributed by atoms with E-state index in [1.54, 1.807) is 25.7 Å². The number of ether oxygens (including phenoxy) is 2. The molecule has 4 rings (SSSR count). The normalized spacial score (nSPS) is 14.8. The van der Waals surface area contributed by atoms with Crippen LogP contribution in [0.1, 0.15) is 5.56 Å². The van der Waals surface area contributed by atoms with Gasteiger partial charge in [-0.1, -0.05) is 6.07 Å². The Bertz CT molecular complexity index is 909. The van der Waals surface area contributed by atoms with Crippen molar-refractivity contribution >= 4 is 0 Å². The first-order chi connectivity index (χ1) is 14.3. The Hall–Kier alpha value is -2.81. The van der Waals surface area contributed by atoms with Gasteiger partial charge in [-0.05, 0) is 23.8 Å². The summed E-state index contributed by atoms with van der Waals surface area (Å²) in [5, 5.41) is 11.0. The second-order valence-corrected chi connectivity index (χ2v) is 6.92. The van der Waals surface area contributed by atoms with Crippen molar-refractivity contribution in [3.05, 3.63) is 48.4 Å². The third-order valence-electron chi connectivity index (χ3n) is 5.00. The van der Waals surface area contributed by atoms with Gasteiger partial charge >= 0.3 is 0 Å². The highest BCUT2D eigenvalue weighted by Gasteiger charge is 2.13. The van der Waals surface area contributed by atoms with E-state index in [0.29, 0.717) is 0 Å². The number of H-pyrrole nitrogens is 1. The second kappa shape index (κ2) is 9.60. The number of hydrogen-bond acceptors (Lipinski definition) is 7. The van der Waals surface area contributed by atoms with E-state index in [-0.39, 0.29) is 0 Å². The summed E-state index contributed by atoms with van der Waals surface area (Å²) in [4.78, 5) is 10.8. The fourth-order valence-corrected chi connectivity index (χ4v) is 3.38. The average molecular weight is 394 g/mol. The Morgan fingerprint density at radius 2 is 2.07 bits per heavy atom. The SMILES string of the molecule is COc1cc(CNCCN2CCOCC2)ccc1-c1cc(-c2cnccn2)[nH]n1. The lowest BCUT2D eigenvalue weighted by Crippen LogP contribution is -2.40. The van der Waals surface area contributed by atoms with E-state index >= 15 is 0 Å². The third kappa shape index (κ3) is 4.97. The first-order valence-corrected chi connectivity index (χ1v) is 9.83. The number of hydrogen-bond donors (Lipinski definition) is 2. The van der Waals surface area contributed by atoms with Crippen LogP contribution in [0.5, 0.6) is 5.75 Å². The molecule has 0 radical (unpaired) electrons. The summed E-state index contributed by atoms with van der Waals surface area (Å²) >= 11 is 0. The van der Waals surface area contributed by atoms with E-state index < -0.39 is 0 Å². The van der Waals surface area contributed by atoms with Gasteiger partial charge in [0.1, 0.15) is 11.4 Å².